The van der Waals surface area contributed by atoms with E-state index in [1.165, 1.54) is 0 Å². The molecule has 0 bridgehead atoms. The monoisotopic (exact) mass is 172 g/mol. The minimum atomic E-state index is -0.973. The molecular formula is C8H12O4. The van der Waals surface area contributed by atoms with Gasteiger partial charge in [-0.3, -0.25) is 9.59 Å². The summed E-state index contributed by atoms with van der Waals surface area (Å²) in [6.07, 6.45) is 3.01. The molecule has 2 N–H and O–H groups in total. The van der Waals surface area contributed by atoms with Crippen LogP contribution < -0.4 is 0 Å². The Bertz CT molecular complexity index is 179. The third-order valence-corrected chi connectivity index (χ3v) is 1.34. The van der Waals surface area contributed by atoms with E-state index in [9.17, 15) is 9.59 Å². The predicted octanol–water partition coefficient (Wildman–Crippen LogP) is 1.13. The fourth-order valence-electron chi connectivity index (χ4n) is 0.929. The summed E-state index contributed by atoms with van der Waals surface area (Å²) in [7, 11) is 0. The summed E-state index contributed by atoms with van der Waals surface area (Å²) < 4.78 is 0. The van der Waals surface area contributed by atoms with Gasteiger partial charge in [-0.1, -0.05) is 12.2 Å². The molecule has 0 rings (SSSR count). The molecule has 0 aromatic carbocycles. The number of rotatable bonds is 5. The summed E-state index contributed by atoms with van der Waals surface area (Å²) in [5.74, 6) is -2.34. The van der Waals surface area contributed by atoms with Crippen molar-refractivity contribution in [1.82, 2.24) is 0 Å². The topological polar surface area (TPSA) is 74.6 Å². The zero-order valence-electron chi connectivity index (χ0n) is 6.86. The van der Waals surface area contributed by atoms with E-state index < -0.39 is 17.9 Å². The van der Waals surface area contributed by atoms with E-state index in [1.807, 2.05) is 0 Å². The Balaban J connectivity index is 4.03. The first-order chi connectivity index (χ1) is 5.56. The van der Waals surface area contributed by atoms with Gasteiger partial charge in [0.2, 0.25) is 0 Å². The number of carboxylic acid groups (broad SMARTS) is 2. The van der Waals surface area contributed by atoms with Crippen molar-refractivity contribution in [3.05, 3.63) is 12.2 Å². The average Bonchev–Trinajstić information content (AvgIpc) is 1.84. The maximum Gasteiger partial charge on any atom is 0.303 e. The number of carbonyl (C=O) groups is 2. The van der Waals surface area contributed by atoms with Gasteiger partial charge in [0.1, 0.15) is 0 Å². The van der Waals surface area contributed by atoms with Gasteiger partial charge in [0.05, 0.1) is 12.8 Å². The molecular weight excluding hydrogens is 160 g/mol. The SMILES string of the molecule is C/C=C\C(CC(=O)O)CC(=O)O. The average molecular weight is 172 g/mol. The van der Waals surface area contributed by atoms with Gasteiger partial charge in [0.25, 0.3) is 0 Å². The van der Waals surface area contributed by atoms with Crippen molar-refractivity contribution < 1.29 is 19.8 Å². The summed E-state index contributed by atoms with van der Waals surface area (Å²) in [6.45, 7) is 1.73. The largest absolute Gasteiger partial charge is 0.481 e. The van der Waals surface area contributed by atoms with Crippen LogP contribution in [0.3, 0.4) is 0 Å². The van der Waals surface area contributed by atoms with Crippen LogP contribution >= 0.6 is 0 Å². The molecule has 0 aromatic heterocycles. The van der Waals surface area contributed by atoms with Crippen molar-refractivity contribution in [2.24, 2.45) is 5.92 Å². The van der Waals surface area contributed by atoms with Gasteiger partial charge >= 0.3 is 11.9 Å². The van der Waals surface area contributed by atoms with Crippen LogP contribution in [0.15, 0.2) is 12.2 Å². The van der Waals surface area contributed by atoms with Gasteiger partial charge in [0, 0.05) is 0 Å². The number of carboxylic acids is 2. The highest BCUT2D eigenvalue weighted by Gasteiger charge is 2.13. The summed E-state index contributed by atoms with van der Waals surface area (Å²) in [6, 6.07) is 0. The molecule has 0 saturated carbocycles. The molecule has 0 spiro atoms. The lowest BCUT2D eigenvalue weighted by molar-refractivity contribution is -0.139. The molecule has 68 valence electrons. The first-order valence-electron chi connectivity index (χ1n) is 3.62. The van der Waals surface area contributed by atoms with Gasteiger partial charge in [-0.2, -0.15) is 0 Å². The van der Waals surface area contributed by atoms with Crippen LogP contribution in [0, 0.1) is 5.92 Å². The van der Waals surface area contributed by atoms with Crippen molar-refractivity contribution in [3.8, 4) is 0 Å². The predicted molar refractivity (Wildman–Crippen MR) is 42.8 cm³/mol. The van der Waals surface area contributed by atoms with Gasteiger partial charge in [-0.15, -0.1) is 0 Å². The van der Waals surface area contributed by atoms with E-state index in [-0.39, 0.29) is 12.8 Å². The summed E-state index contributed by atoms with van der Waals surface area (Å²) >= 11 is 0. The zero-order chi connectivity index (χ0) is 9.56. The Morgan fingerprint density at radius 3 is 1.92 bits per heavy atom. The molecule has 4 heteroatoms. The van der Waals surface area contributed by atoms with E-state index in [1.54, 1.807) is 19.1 Å². The molecule has 0 unspecified atom stereocenters. The molecule has 0 atom stereocenters. The van der Waals surface area contributed by atoms with Crippen molar-refractivity contribution in [2.75, 3.05) is 0 Å². The lowest BCUT2D eigenvalue weighted by Crippen LogP contribution is -2.10. The lowest BCUT2D eigenvalue weighted by Gasteiger charge is -2.05. The van der Waals surface area contributed by atoms with E-state index in [2.05, 4.69) is 0 Å². The summed E-state index contributed by atoms with van der Waals surface area (Å²) in [4.78, 5) is 20.5. The first kappa shape index (κ1) is 10.7. The first-order valence-corrected chi connectivity index (χ1v) is 3.62. The molecule has 12 heavy (non-hydrogen) atoms. The van der Waals surface area contributed by atoms with Crippen LogP contribution in [0.5, 0.6) is 0 Å². The summed E-state index contributed by atoms with van der Waals surface area (Å²) in [5.41, 5.74) is 0. The molecule has 0 radical (unpaired) electrons. The van der Waals surface area contributed by atoms with Crippen molar-refractivity contribution >= 4 is 11.9 Å². The molecule has 4 nitrogen and oxygen atoms in total. The molecule has 0 heterocycles. The number of hydrogen-bond acceptors (Lipinski definition) is 2. The maximum absolute atomic E-state index is 10.2. The molecule has 0 fully saturated rings. The Kier molecular flexibility index (Phi) is 4.76. The Labute approximate surface area is 70.5 Å². The van der Waals surface area contributed by atoms with Crippen LogP contribution in [0.2, 0.25) is 0 Å². The molecule has 0 aliphatic carbocycles. The van der Waals surface area contributed by atoms with Crippen LogP contribution in [-0.2, 0) is 9.59 Å². The van der Waals surface area contributed by atoms with Gasteiger partial charge in [-0.25, -0.2) is 0 Å². The number of hydrogen-bond donors (Lipinski definition) is 2. The van der Waals surface area contributed by atoms with Crippen LogP contribution in [0.25, 0.3) is 0 Å². The highest BCUT2D eigenvalue weighted by Crippen LogP contribution is 2.10. The van der Waals surface area contributed by atoms with Gasteiger partial charge < -0.3 is 10.2 Å². The zero-order valence-corrected chi connectivity index (χ0v) is 6.86. The summed E-state index contributed by atoms with van der Waals surface area (Å²) in [5, 5.41) is 16.8. The second-order valence-electron chi connectivity index (χ2n) is 2.48. The van der Waals surface area contributed by atoms with Crippen molar-refractivity contribution in [3.63, 3.8) is 0 Å². The smallest absolute Gasteiger partial charge is 0.303 e. The molecule has 0 aromatic rings. The Morgan fingerprint density at radius 1 is 1.25 bits per heavy atom. The lowest BCUT2D eigenvalue weighted by atomic mass is 10.0. The van der Waals surface area contributed by atoms with E-state index in [4.69, 9.17) is 10.2 Å². The molecule has 0 amide bonds. The third-order valence-electron chi connectivity index (χ3n) is 1.34. The van der Waals surface area contributed by atoms with Gasteiger partial charge in [0.15, 0.2) is 0 Å². The molecule has 0 aliphatic heterocycles. The minimum absolute atomic E-state index is 0.128. The Morgan fingerprint density at radius 2 is 1.67 bits per heavy atom. The Hall–Kier alpha value is -1.32. The second kappa shape index (κ2) is 5.35. The quantitative estimate of drug-likeness (QED) is 0.609. The molecule has 0 aliphatic rings. The standard InChI is InChI=1S/C8H12O4/c1-2-3-6(4-7(9)10)5-8(11)12/h2-3,6H,4-5H2,1H3,(H,9,10)(H,11,12)/b3-2-. The highest BCUT2D eigenvalue weighted by atomic mass is 16.4. The fourth-order valence-corrected chi connectivity index (χ4v) is 0.929. The van der Waals surface area contributed by atoms with E-state index in [0.717, 1.165) is 0 Å². The highest BCUT2D eigenvalue weighted by molar-refractivity contribution is 5.71. The minimum Gasteiger partial charge on any atom is -0.481 e. The van der Waals surface area contributed by atoms with Crippen LogP contribution in [-0.4, -0.2) is 22.2 Å². The third kappa shape index (κ3) is 5.46. The molecule has 0 saturated heterocycles. The number of allylic oxidation sites excluding steroid dienone is 2. The number of aliphatic carboxylic acids is 2. The van der Waals surface area contributed by atoms with Gasteiger partial charge in [-0.05, 0) is 12.8 Å². The van der Waals surface area contributed by atoms with E-state index in [0.29, 0.717) is 0 Å². The van der Waals surface area contributed by atoms with E-state index >= 15 is 0 Å². The van der Waals surface area contributed by atoms with Crippen molar-refractivity contribution in [2.45, 2.75) is 19.8 Å². The van der Waals surface area contributed by atoms with Crippen LogP contribution in [0.1, 0.15) is 19.8 Å². The fraction of sp³-hybridized carbons (Fsp3) is 0.500. The second-order valence-corrected chi connectivity index (χ2v) is 2.48. The van der Waals surface area contributed by atoms with Crippen LogP contribution in [0.4, 0.5) is 0 Å². The maximum atomic E-state index is 10.2. The van der Waals surface area contributed by atoms with Crippen molar-refractivity contribution in [1.29, 1.82) is 0 Å². The normalized spacial score (nSPS) is 10.8.